The summed E-state index contributed by atoms with van der Waals surface area (Å²) < 4.78 is 25.4. The maximum atomic E-state index is 13.0. The first-order valence-corrected chi connectivity index (χ1v) is 10.8. The Labute approximate surface area is 166 Å². The average molecular weight is 394 g/mol. The minimum Gasteiger partial charge on any atom is -0.333 e. The summed E-state index contributed by atoms with van der Waals surface area (Å²) in [7, 11) is -3.47. The maximum absolute atomic E-state index is 13.0. The second-order valence-corrected chi connectivity index (χ2v) is 8.82. The standard InChI is InChI=1S/C23H23NO3S/c1-19-12-14-22(15-13-19)28(26,27)17-16-24(18-20-8-4-2-5-9-20)23(25)21-10-6-3-7-11-21/h2-15H,16-18H2,1H3. The van der Waals surface area contributed by atoms with Gasteiger partial charge in [-0.3, -0.25) is 4.79 Å². The van der Waals surface area contributed by atoms with Gasteiger partial charge in [-0.25, -0.2) is 8.42 Å². The van der Waals surface area contributed by atoms with Crippen LogP contribution in [0.5, 0.6) is 0 Å². The third-order valence-corrected chi connectivity index (χ3v) is 6.24. The number of carbonyl (C=O) groups is 1. The fraction of sp³-hybridized carbons (Fsp3) is 0.174. The molecule has 3 aromatic carbocycles. The summed E-state index contributed by atoms with van der Waals surface area (Å²) in [5, 5.41) is 0. The fourth-order valence-electron chi connectivity index (χ4n) is 2.91. The lowest BCUT2D eigenvalue weighted by molar-refractivity contribution is 0.0754. The number of rotatable bonds is 7. The van der Waals surface area contributed by atoms with Gasteiger partial charge in [-0.05, 0) is 36.8 Å². The van der Waals surface area contributed by atoms with Crippen LogP contribution in [0.2, 0.25) is 0 Å². The van der Waals surface area contributed by atoms with E-state index >= 15 is 0 Å². The van der Waals surface area contributed by atoms with Gasteiger partial charge in [0.05, 0.1) is 10.6 Å². The van der Waals surface area contributed by atoms with Crippen LogP contribution >= 0.6 is 0 Å². The maximum Gasteiger partial charge on any atom is 0.254 e. The van der Waals surface area contributed by atoms with Gasteiger partial charge in [0.25, 0.3) is 5.91 Å². The molecule has 0 N–H and O–H groups in total. The Morgan fingerprint density at radius 3 is 2.00 bits per heavy atom. The van der Waals surface area contributed by atoms with Crippen LogP contribution in [-0.2, 0) is 16.4 Å². The largest absolute Gasteiger partial charge is 0.333 e. The van der Waals surface area contributed by atoms with E-state index in [2.05, 4.69) is 0 Å². The topological polar surface area (TPSA) is 54.5 Å². The summed E-state index contributed by atoms with van der Waals surface area (Å²) in [4.78, 5) is 14.9. The van der Waals surface area contributed by atoms with Crippen molar-refractivity contribution < 1.29 is 13.2 Å². The molecule has 28 heavy (non-hydrogen) atoms. The number of carbonyl (C=O) groups excluding carboxylic acids is 1. The van der Waals surface area contributed by atoms with E-state index < -0.39 is 9.84 Å². The second-order valence-electron chi connectivity index (χ2n) is 6.71. The van der Waals surface area contributed by atoms with Crippen molar-refractivity contribution >= 4 is 15.7 Å². The molecule has 0 heterocycles. The van der Waals surface area contributed by atoms with Gasteiger partial charge in [0, 0.05) is 18.7 Å². The Morgan fingerprint density at radius 2 is 1.39 bits per heavy atom. The molecular formula is C23H23NO3S. The minimum atomic E-state index is -3.47. The third-order valence-electron chi connectivity index (χ3n) is 4.53. The highest BCUT2D eigenvalue weighted by Crippen LogP contribution is 2.15. The Balaban J connectivity index is 1.80. The molecule has 0 fully saturated rings. The summed E-state index contributed by atoms with van der Waals surface area (Å²) in [6.45, 7) is 2.40. The van der Waals surface area contributed by atoms with Crippen LogP contribution in [-0.4, -0.2) is 31.5 Å². The molecule has 0 aromatic heterocycles. The molecule has 0 atom stereocenters. The molecular weight excluding hydrogens is 370 g/mol. The van der Waals surface area contributed by atoms with Gasteiger partial charge in [0.1, 0.15) is 0 Å². The Kier molecular flexibility index (Phi) is 6.26. The van der Waals surface area contributed by atoms with Crippen LogP contribution in [0.1, 0.15) is 21.5 Å². The van der Waals surface area contributed by atoms with Crippen molar-refractivity contribution in [1.82, 2.24) is 4.90 Å². The third kappa shape index (κ3) is 5.08. The molecule has 1 amide bonds. The number of aryl methyl sites for hydroxylation is 1. The van der Waals surface area contributed by atoms with E-state index in [4.69, 9.17) is 0 Å². The Morgan fingerprint density at radius 1 is 0.821 bits per heavy atom. The van der Waals surface area contributed by atoms with Crippen LogP contribution in [0.4, 0.5) is 0 Å². The lowest BCUT2D eigenvalue weighted by Crippen LogP contribution is -2.34. The summed E-state index contributed by atoms with van der Waals surface area (Å²) in [5.41, 5.74) is 2.51. The van der Waals surface area contributed by atoms with Crippen molar-refractivity contribution in [3.8, 4) is 0 Å². The Bertz CT molecular complexity index is 1010. The molecule has 0 radical (unpaired) electrons. The molecule has 0 saturated carbocycles. The zero-order valence-electron chi connectivity index (χ0n) is 15.8. The normalized spacial score (nSPS) is 11.2. The molecule has 0 aliphatic heterocycles. The average Bonchev–Trinajstić information content (AvgIpc) is 2.72. The minimum absolute atomic E-state index is 0.124. The highest BCUT2D eigenvalue weighted by atomic mass is 32.2. The van der Waals surface area contributed by atoms with Crippen LogP contribution < -0.4 is 0 Å². The lowest BCUT2D eigenvalue weighted by Gasteiger charge is -2.23. The molecule has 0 spiro atoms. The first-order chi connectivity index (χ1) is 13.5. The van der Waals surface area contributed by atoms with E-state index in [1.165, 1.54) is 0 Å². The molecule has 0 bridgehead atoms. The number of hydrogen-bond acceptors (Lipinski definition) is 3. The van der Waals surface area contributed by atoms with Gasteiger partial charge in [0.15, 0.2) is 9.84 Å². The molecule has 0 aliphatic rings. The molecule has 144 valence electrons. The first-order valence-electron chi connectivity index (χ1n) is 9.13. The number of amides is 1. The van der Waals surface area contributed by atoms with Gasteiger partial charge in [-0.2, -0.15) is 0 Å². The van der Waals surface area contributed by atoms with Crippen LogP contribution in [0.25, 0.3) is 0 Å². The van der Waals surface area contributed by atoms with Crippen molar-refractivity contribution in [3.05, 3.63) is 102 Å². The zero-order chi connectivity index (χ0) is 20.0. The van der Waals surface area contributed by atoms with Crippen LogP contribution in [0, 0.1) is 6.92 Å². The van der Waals surface area contributed by atoms with Gasteiger partial charge < -0.3 is 4.90 Å². The SMILES string of the molecule is Cc1ccc(S(=O)(=O)CCN(Cc2ccccc2)C(=O)c2ccccc2)cc1. The molecule has 5 heteroatoms. The second kappa shape index (κ2) is 8.85. The van der Waals surface area contributed by atoms with Gasteiger partial charge in [-0.1, -0.05) is 66.2 Å². The van der Waals surface area contributed by atoms with Crippen LogP contribution in [0.3, 0.4) is 0 Å². The van der Waals surface area contributed by atoms with Gasteiger partial charge in [0.2, 0.25) is 0 Å². The van der Waals surface area contributed by atoms with E-state index in [9.17, 15) is 13.2 Å². The van der Waals surface area contributed by atoms with E-state index in [1.54, 1.807) is 53.4 Å². The van der Waals surface area contributed by atoms with Gasteiger partial charge >= 0.3 is 0 Å². The molecule has 0 saturated heterocycles. The molecule has 3 aromatic rings. The monoisotopic (exact) mass is 393 g/mol. The quantitative estimate of drug-likeness (QED) is 0.607. The van der Waals surface area contributed by atoms with Crippen LogP contribution in [0.15, 0.2) is 89.8 Å². The van der Waals surface area contributed by atoms with E-state index in [0.29, 0.717) is 12.1 Å². The summed E-state index contributed by atoms with van der Waals surface area (Å²) >= 11 is 0. The van der Waals surface area contributed by atoms with E-state index in [0.717, 1.165) is 11.1 Å². The smallest absolute Gasteiger partial charge is 0.254 e. The highest BCUT2D eigenvalue weighted by Gasteiger charge is 2.21. The van der Waals surface area contributed by atoms with Crippen molar-refractivity contribution in [2.24, 2.45) is 0 Å². The highest BCUT2D eigenvalue weighted by molar-refractivity contribution is 7.91. The van der Waals surface area contributed by atoms with Crippen molar-refractivity contribution in [3.63, 3.8) is 0 Å². The van der Waals surface area contributed by atoms with E-state index in [-0.39, 0.29) is 23.1 Å². The number of sulfone groups is 1. The van der Waals surface area contributed by atoms with Crippen molar-refractivity contribution in [1.29, 1.82) is 0 Å². The van der Waals surface area contributed by atoms with E-state index in [1.807, 2.05) is 43.3 Å². The molecule has 3 rings (SSSR count). The van der Waals surface area contributed by atoms with Crippen molar-refractivity contribution in [2.45, 2.75) is 18.4 Å². The molecule has 0 unspecified atom stereocenters. The predicted molar refractivity (Wildman–Crippen MR) is 111 cm³/mol. The Hall–Kier alpha value is -2.92. The summed E-state index contributed by atoms with van der Waals surface area (Å²) in [5.74, 6) is -0.301. The molecule has 4 nitrogen and oxygen atoms in total. The van der Waals surface area contributed by atoms with Gasteiger partial charge in [-0.15, -0.1) is 0 Å². The number of benzene rings is 3. The summed E-state index contributed by atoms with van der Waals surface area (Å²) in [6, 6.07) is 25.3. The number of hydrogen-bond donors (Lipinski definition) is 0. The first kappa shape index (κ1) is 19.8. The predicted octanol–water partition coefficient (Wildman–Crippen LogP) is 4.11. The zero-order valence-corrected chi connectivity index (χ0v) is 16.6. The number of nitrogens with zero attached hydrogens (tertiary/aromatic N) is 1. The molecule has 0 aliphatic carbocycles. The van der Waals surface area contributed by atoms with Crippen molar-refractivity contribution in [2.75, 3.05) is 12.3 Å². The summed E-state index contributed by atoms with van der Waals surface area (Å²) in [6.07, 6.45) is 0. The lowest BCUT2D eigenvalue weighted by atomic mass is 10.1. The fourth-order valence-corrected chi connectivity index (χ4v) is 4.16.